The molecule has 0 spiro atoms. The van der Waals surface area contributed by atoms with Crippen LogP contribution in [0.4, 0.5) is 10.2 Å². The number of nitrogens with zero attached hydrogens (tertiary/aromatic N) is 2. The number of rotatable bonds is 5. The van der Waals surface area contributed by atoms with Gasteiger partial charge < -0.3 is 30.0 Å². The predicted octanol–water partition coefficient (Wildman–Crippen LogP) is 0.693. The van der Waals surface area contributed by atoms with E-state index in [1.807, 2.05) is 0 Å². The van der Waals surface area contributed by atoms with Gasteiger partial charge in [-0.25, -0.2) is 19.2 Å². The fourth-order valence-corrected chi connectivity index (χ4v) is 2.64. The van der Waals surface area contributed by atoms with E-state index in [9.17, 15) is 14.3 Å². The second-order valence-electron chi connectivity index (χ2n) is 4.96. The molecule has 0 saturated heterocycles. The average molecular weight is 402 g/mol. The van der Waals surface area contributed by atoms with Crippen LogP contribution in [0.2, 0.25) is 5.02 Å². The first-order valence-corrected chi connectivity index (χ1v) is 9.14. The van der Waals surface area contributed by atoms with Crippen LogP contribution in [0.15, 0.2) is 17.8 Å². The fraction of sp³-hybridized carbons (Fsp3) is 0.0714. The molecule has 0 aliphatic rings. The molecule has 138 valence electrons. The standard InChI is InChI=1S/C14H13ClFN3O6Si/c1-25-11-8(15)3-2-6(9(11)16)13-18-10(14(20)21)7(12(17)19-13)4-5-26(22,23)24/h2-5,22-24H,1H3,(H,20,21)(H2,17,18,19). The van der Waals surface area contributed by atoms with E-state index in [-0.39, 0.29) is 33.5 Å². The number of aromatic nitrogens is 2. The van der Waals surface area contributed by atoms with Gasteiger partial charge in [0.1, 0.15) is 5.82 Å². The highest BCUT2D eigenvalue weighted by Crippen LogP contribution is 2.34. The van der Waals surface area contributed by atoms with Crippen LogP contribution in [-0.4, -0.2) is 51.3 Å². The van der Waals surface area contributed by atoms with Crippen LogP contribution in [0.3, 0.4) is 0 Å². The number of anilines is 1. The Hall–Kier alpha value is -2.57. The molecule has 12 heteroatoms. The lowest BCUT2D eigenvalue weighted by Crippen LogP contribution is -2.31. The fourth-order valence-electron chi connectivity index (χ4n) is 2.02. The van der Waals surface area contributed by atoms with Gasteiger partial charge in [0.2, 0.25) is 0 Å². The number of carboxylic acid groups (broad SMARTS) is 1. The van der Waals surface area contributed by atoms with Crippen molar-refractivity contribution in [1.82, 2.24) is 9.97 Å². The molecule has 1 aromatic heterocycles. The highest BCUT2D eigenvalue weighted by molar-refractivity contribution is 6.62. The largest absolute Gasteiger partial charge is 0.521 e. The zero-order valence-corrected chi connectivity index (χ0v) is 14.9. The van der Waals surface area contributed by atoms with E-state index in [1.165, 1.54) is 19.2 Å². The van der Waals surface area contributed by atoms with E-state index in [0.717, 1.165) is 6.08 Å². The molecular formula is C14H13ClFN3O6Si. The number of ether oxygens (including phenoxy) is 1. The Morgan fingerprint density at radius 2 is 2.00 bits per heavy atom. The average Bonchev–Trinajstić information content (AvgIpc) is 2.52. The van der Waals surface area contributed by atoms with E-state index in [4.69, 9.17) is 36.5 Å². The third-order valence-electron chi connectivity index (χ3n) is 3.15. The first-order chi connectivity index (χ1) is 12.0. The minimum absolute atomic E-state index is 0.00475. The molecular weight excluding hydrogens is 389 g/mol. The number of hydrogen-bond donors (Lipinski definition) is 5. The molecule has 2 aromatic rings. The molecule has 9 nitrogen and oxygen atoms in total. The Morgan fingerprint density at radius 1 is 1.35 bits per heavy atom. The van der Waals surface area contributed by atoms with Crippen molar-refractivity contribution in [2.45, 2.75) is 0 Å². The summed E-state index contributed by atoms with van der Waals surface area (Å²) in [6.07, 6.45) is 0.869. The maximum absolute atomic E-state index is 14.5. The normalized spacial score (nSPS) is 11.8. The summed E-state index contributed by atoms with van der Waals surface area (Å²) in [7, 11) is -3.40. The molecule has 0 fully saturated rings. The SMILES string of the molecule is COc1c(Cl)ccc(-c2nc(N)c(C=C[Si](O)(O)O)c(C(=O)O)n2)c1F. The van der Waals surface area contributed by atoms with Crippen molar-refractivity contribution in [3.8, 4) is 17.1 Å². The van der Waals surface area contributed by atoms with Gasteiger partial charge in [-0.15, -0.1) is 0 Å². The summed E-state index contributed by atoms with van der Waals surface area (Å²) in [5.74, 6) is -3.43. The van der Waals surface area contributed by atoms with E-state index in [0.29, 0.717) is 5.70 Å². The summed E-state index contributed by atoms with van der Waals surface area (Å²) < 4.78 is 19.3. The molecule has 26 heavy (non-hydrogen) atoms. The Bertz CT molecular complexity index is 903. The second kappa shape index (κ2) is 7.35. The number of nitrogens with two attached hydrogens (primary N) is 1. The van der Waals surface area contributed by atoms with E-state index in [1.54, 1.807) is 0 Å². The Morgan fingerprint density at radius 3 is 2.54 bits per heavy atom. The van der Waals surface area contributed by atoms with Crippen molar-refractivity contribution >= 4 is 38.3 Å². The zero-order valence-electron chi connectivity index (χ0n) is 13.1. The summed E-state index contributed by atoms with van der Waals surface area (Å²) in [5, 5.41) is 9.30. The summed E-state index contributed by atoms with van der Waals surface area (Å²) in [6, 6.07) is 2.54. The number of carboxylic acids is 1. The Balaban J connectivity index is 2.68. The number of carbonyl (C=O) groups is 1. The summed E-state index contributed by atoms with van der Waals surface area (Å²) >= 11 is 5.81. The molecule has 1 aromatic carbocycles. The Kier molecular flexibility index (Phi) is 5.58. The number of benzene rings is 1. The third kappa shape index (κ3) is 4.15. The number of hydrogen-bond acceptors (Lipinski definition) is 8. The van der Waals surface area contributed by atoms with Crippen LogP contribution >= 0.6 is 11.6 Å². The highest BCUT2D eigenvalue weighted by Gasteiger charge is 2.25. The first kappa shape index (κ1) is 19.7. The van der Waals surface area contributed by atoms with Gasteiger partial charge in [0, 0.05) is 5.56 Å². The topological polar surface area (TPSA) is 159 Å². The van der Waals surface area contributed by atoms with Crippen LogP contribution in [0.25, 0.3) is 17.5 Å². The molecule has 0 radical (unpaired) electrons. The molecule has 1 heterocycles. The predicted molar refractivity (Wildman–Crippen MR) is 91.8 cm³/mol. The van der Waals surface area contributed by atoms with Crippen LogP contribution in [0.5, 0.6) is 5.75 Å². The molecule has 2 rings (SSSR count). The molecule has 6 N–H and O–H groups in total. The number of nitrogen functional groups attached to an aromatic ring is 1. The number of aromatic carboxylic acids is 1. The number of halogens is 2. The van der Waals surface area contributed by atoms with Gasteiger partial charge in [-0.3, -0.25) is 0 Å². The highest BCUT2D eigenvalue weighted by atomic mass is 35.5. The van der Waals surface area contributed by atoms with Crippen LogP contribution in [-0.2, 0) is 0 Å². The minimum Gasteiger partial charge on any atom is -0.492 e. The van der Waals surface area contributed by atoms with Crippen molar-refractivity contribution in [3.05, 3.63) is 39.9 Å². The molecule has 0 atom stereocenters. The summed E-state index contributed by atoms with van der Waals surface area (Å²) in [6.45, 7) is 0. The lowest BCUT2D eigenvalue weighted by Gasteiger charge is -2.11. The lowest BCUT2D eigenvalue weighted by molar-refractivity contribution is 0.0690. The van der Waals surface area contributed by atoms with Crippen molar-refractivity contribution in [2.24, 2.45) is 0 Å². The zero-order chi connectivity index (χ0) is 19.6. The van der Waals surface area contributed by atoms with Gasteiger partial charge in [0.25, 0.3) is 0 Å². The van der Waals surface area contributed by atoms with Gasteiger partial charge >= 0.3 is 14.8 Å². The van der Waals surface area contributed by atoms with Crippen molar-refractivity contribution in [2.75, 3.05) is 12.8 Å². The van der Waals surface area contributed by atoms with Crippen molar-refractivity contribution < 1.29 is 33.4 Å². The van der Waals surface area contributed by atoms with Gasteiger partial charge in [-0.05, 0) is 23.9 Å². The van der Waals surface area contributed by atoms with Crippen molar-refractivity contribution in [1.29, 1.82) is 0 Å². The quantitative estimate of drug-likeness (QED) is 0.454. The maximum atomic E-state index is 14.5. The van der Waals surface area contributed by atoms with E-state index >= 15 is 0 Å². The molecule has 0 aliphatic heterocycles. The van der Waals surface area contributed by atoms with E-state index in [2.05, 4.69) is 9.97 Å². The van der Waals surface area contributed by atoms with Crippen LogP contribution in [0, 0.1) is 5.82 Å². The molecule has 0 bridgehead atoms. The first-order valence-electron chi connectivity index (χ1n) is 6.84. The Labute approximate surface area is 152 Å². The summed E-state index contributed by atoms with van der Waals surface area (Å²) in [4.78, 5) is 46.1. The molecule has 0 unspecified atom stereocenters. The second-order valence-corrected chi connectivity index (χ2v) is 7.08. The van der Waals surface area contributed by atoms with Crippen molar-refractivity contribution in [3.63, 3.8) is 0 Å². The van der Waals surface area contributed by atoms with Gasteiger partial charge in [0.15, 0.2) is 23.1 Å². The third-order valence-corrected chi connectivity index (χ3v) is 4.06. The lowest BCUT2D eigenvalue weighted by atomic mass is 10.1. The maximum Gasteiger partial charge on any atom is 0.521 e. The number of methoxy groups -OCH3 is 1. The van der Waals surface area contributed by atoms with Crippen LogP contribution < -0.4 is 10.5 Å². The summed E-state index contributed by atoms with van der Waals surface area (Å²) in [5.41, 5.74) is 5.19. The van der Waals surface area contributed by atoms with E-state index < -0.39 is 26.3 Å². The van der Waals surface area contributed by atoms with Crippen LogP contribution in [0.1, 0.15) is 16.1 Å². The minimum atomic E-state index is -4.60. The van der Waals surface area contributed by atoms with Gasteiger partial charge in [-0.2, -0.15) is 0 Å². The smallest absolute Gasteiger partial charge is 0.492 e. The molecule has 0 amide bonds. The molecule has 0 aliphatic carbocycles. The monoisotopic (exact) mass is 401 g/mol. The molecule has 0 saturated carbocycles. The van der Waals surface area contributed by atoms with Gasteiger partial charge in [-0.1, -0.05) is 11.6 Å². The van der Waals surface area contributed by atoms with Gasteiger partial charge in [0.05, 0.1) is 17.7 Å².